The molecule has 0 amide bonds. The fraction of sp³-hybridized carbons (Fsp3) is 1.00. The van der Waals surface area contributed by atoms with Crippen LogP contribution in [0.15, 0.2) is 0 Å². The Balaban J connectivity index is 4.78. The zero-order valence-corrected chi connectivity index (χ0v) is 9.13. The summed E-state index contributed by atoms with van der Waals surface area (Å²) in [5, 5.41) is 18.2. The van der Waals surface area contributed by atoms with Crippen molar-refractivity contribution in [3.8, 4) is 0 Å². The smallest absolute Gasteiger partial charge is 0.131 e. The third kappa shape index (κ3) is 3.60. The monoisotopic (exact) mass is 190 g/mol. The van der Waals surface area contributed by atoms with E-state index in [0.29, 0.717) is 0 Å². The second-order valence-electron chi connectivity index (χ2n) is 5.24. The number of aliphatic hydroxyl groups is 1. The van der Waals surface area contributed by atoms with E-state index in [9.17, 15) is 5.11 Å². The average Bonchev–Trinajstić information content (AvgIpc) is 1.80. The SMILES string of the molecule is CC(C)(C)C(C(O)NO)C(C)(C)N. The lowest BCUT2D eigenvalue weighted by Gasteiger charge is -2.42. The number of hydroxylamine groups is 1. The molecule has 0 radical (unpaired) electrons. The molecule has 0 saturated heterocycles. The van der Waals surface area contributed by atoms with Crippen LogP contribution in [0.25, 0.3) is 0 Å². The fourth-order valence-corrected chi connectivity index (χ4v) is 2.07. The number of hydrogen-bond donors (Lipinski definition) is 4. The largest absolute Gasteiger partial charge is 0.376 e. The van der Waals surface area contributed by atoms with Crippen molar-refractivity contribution in [1.82, 2.24) is 5.48 Å². The summed E-state index contributed by atoms with van der Waals surface area (Å²) in [6.07, 6.45) is -1.000. The van der Waals surface area contributed by atoms with Gasteiger partial charge in [0.2, 0.25) is 0 Å². The van der Waals surface area contributed by atoms with Crippen molar-refractivity contribution in [3.05, 3.63) is 0 Å². The number of nitrogens with two attached hydrogens (primary N) is 1. The van der Waals surface area contributed by atoms with Gasteiger partial charge in [0.1, 0.15) is 6.23 Å². The van der Waals surface area contributed by atoms with Crippen molar-refractivity contribution < 1.29 is 10.3 Å². The Bertz CT molecular complexity index is 144. The van der Waals surface area contributed by atoms with Gasteiger partial charge in [0.05, 0.1) is 0 Å². The van der Waals surface area contributed by atoms with Crippen LogP contribution in [0.3, 0.4) is 0 Å². The Morgan fingerprint density at radius 2 is 1.54 bits per heavy atom. The molecule has 0 aliphatic carbocycles. The molecule has 2 atom stereocenters. The van der Waals surface area contributed by atoms with Crippen molar-refractivity contribution >= 4 is 0 Å². The van der Waals surface area contributed by atoms with Gasteiger partial charge in [-0.25, -0.2) is 0 Å². The van der Waals surface area contributed by atoms with E-state index >= 15 is 0 Å². The summed E-state index contributed by atoms with van der Waals surface area (Å²) >= 11 is 0. The van der Waals surface area contributed by atoms with Crippen molar-refractivity contribution in [3.63, 3.8) is 0 Å². The van der Waals surface area contributed by atoms with Crippen LogP contribution in [0.4, 0.5) is 0 Å². The molecule has 0 spiro atoms. The lowest BCUT2D eigenvalue weighted by atomic mass is 9.70. The van der Waals surface area contributed by atoms with E-state index in [1.54, 1.807) is 0 Å². The van der Waals surface area contributed by atoms with Gasteiger partial charge >= 0.3 is 0 Å². The molecule has 4 nitrogen and oxygen atoms in total. The highest BCUT2D eigenvalue weighted by atomic mass is 16.5. The quantitative estimate of drug-likeness (QED) is 0.390. The standard InChI is InChI=1S/C9H22N2O2/c1-8(2,3)6(7(12)11-13)9(4,5)10/h6-7,11-13H,10H2,1-5H3. The predicted molar refractivity (Wildman–Crippen MR) is 52.1 cm³/mol. The van der Waals surface area contributed by atoms with Gasteiger partial charge in [-0.15, -0.1) is 0 Å². The molecule has 5 N–H and O–H groups in total. The molecule has 0 aromatic heterocycles. The highest BCUT2D eigenvalue weighted by molar-refractivity contribution is 4.92. The maximum atomic E-state index is 9.55. The van der Waals surface area contributed by atoms with Crippen LogP contribution in [0.1, 0.15) is 34.6 Å². The first-order valence-electron chi connectivity index (χ1n) is 4.47. The highest BCUT2D eigenvalue weighted by Gasteiger charge is 2.40. The van der Waals surface area contributed by atoms with Gasteiger partial charge in [-0.2, -0.15) is 5.48 Å². The second-order valence-corrected chi connectivity index (χ2v) is 5.24. The average molecular weight is 190 g/mol. The topological polar surface area (TPSA) is 78.5 Å². The van der Waals surface area contributed by atoms with E-state index in [2.05, 4.69) is 0 Å². The molecule has 4 heteroatoms. The summed E-state index contributed by atoms with van der Waals surface area (Å²) < 4.78 is 0. The first-order valence-corrected chi connectivity index (χ1v) is 4.47. The Labute approximate surface area is 80.1 Å². The Hall–Kier alpha value is -0.160. The molecule has 13 heavy (non-hydrogen) atoms. The Morgan fingerprint density at radius 1 is 1.15 bits per heavy atom. The van der Waals surface area contributed by atoms with Gasteiger partial charge in [0.25, 0.3) is 0 Å². The van der Waals surface area contributed by atoms with Gasteiger partial charge in [0, 0.05) is 11.5 Å². The molecule has 0 aromatic rings. The first-order chi connectivity index (χ1) is 5.60. The van der Waals surface area contributed by atoms with Gasteiger partial charge in [-0.05, 0) is 19.3 Å². The summed E-state index contributed by atoms with van der Waals surface area (Å²) in [4.78, 5) is 0. The summed E-state index contributed by atoms with van der Waals surface area (Å²) in [7, 11) is 0. The third-order valence-electron chi connectivity index (χ3n) is 2.18. The van der Waals surface area contributed by atoms with Crippen LogP contribution in [-0.2, 0) is 0 Å². The van der Waals surface area contributed by atoms with Gasteiger partial charge in [-0.3, -0.25) is 0 Å². The van der Waals surface area contributed by atoms with Crippen LogP contribution >= 0.6 is 0 Å². The van der Waals surface area contributed by atoms with E-state index in [1.165, 1.54) is 0 Å². The van der Waals surface area contributed by atoms with Crippen molar-refractivity contribution in [2.75, 3.05) is 0 Å². The van der Waals surface area contributed by atoms with Crippen molar-refractivity contribution in [2.45, 2.75) is 46.4 Å². The van der Waals surface area contributed by atoms with E-state index < -0.39 is 11.8 Å². The van der Waals surface area contributed by atoms with Gasteiger partial charge in [-0.1, -0.05) is 20.8 Å². The number of aliphatic hydroxyl groups excluding tert-OH is 1. The lowest BCUT2D eigenvalue weighted by molar-refractivity contribution is -0.0852. The minimum atomic E-state index is -1.000. The first kappa shape index (κ1) is 12.8. The molecule has 0 aliphatic rings. The van der Waals surface area contributed by atoms with Gasteiger partial charge in [0.15, 0.2) is 0 Å². The van der Waals surface area contributed by atoms with Crippen LogP contribution in [0, 0.1) is 11.3 Å². The fourth-order valence-electron chi connectivity index (χ4n) is 2.07. The summed E-state index contributed by atoms with van der Waals surface area (Å²) in [6, 6.07) is 0. The maximum Gasteiger partial charge on any atom is 0.131 e. The molecule has 0 fully saturated rings. The molecule has 80 valence electrons. The summed E-state index contributed by atoms with van der Waals surface area (Å²) in [5.41, 5.74) is 7.06. The van der Waals surface area contributed by atoms with E-state index in [-0.39, 0.29) is 11.3 Å². The number of rotatable bonds is 3. The lowest BCUT2D eigenvalue weighted by Crippen LogP contribution is -2.56. The minimum Gasteiger partial charge on any atom is -0.376 e. The summed E-state index contributed by atoms with van der Waals surface area (Å²) in [6.45, 7) is 9.61. The molecule has 0 heterocycles. The molecule has 0 bridgehead atoms. The Morgan fingerprint density at radius 3 is 1.62 bits per heavy atom. The minimum absolute atomic E-state index is 0.173. The Kier molecular flexibility index (Phi) is 3.87. The third-order valence-corrected chi connectivity index (χ3v) is 2.18. The molecule has 2 unspecified atom stereocenters. The molecular formula is C9H22N2O2. The number of hydrogen-bond acceptors (Lipinski definition) is 4. The van der Waals surface area contributed by atoms with E-state index in [1.807, 2.05) is 40.1 Å². The molecule has 0 saturated carbocycles. The molecule has 0 aliphatic heterocycles. The highest BCUT2D eigenvalue weighted by Crippen LogP contribution is 2.34. The zero-order valence-electron chi connectivity index (χ0n) is 9.13. The molecular weight excluding hydrogens is 168 g/mol. The summed E-state index contributed by atoms with van der Waals surface area (Å²) in [5.74, 6) is -0.231. The van der Waals surface area contributed by atoms with E-state index in [4.69, 9.17) is 10.9 Å². The second kappa shape index (κ2) is 3.92. The molecule has 0 aromatic carbocycles. The zero-order chi connectivity index (χ0) is 10.9. The number of nitrogens with one attached hydrogen (secondary N) is 1. The van der Waals surface area contributed by atoms with Crippen LogP contribution in [0.5, 0.6) is 0 Å². The maximum absolute atomic E-state index is 9.55. The van der Waals surface area contributed by atoms with E-state index in [0.717, 1.165) is 0 Å². The van der Waals surface area contributed by atoms with Crippen molar-refractivity contribution in [2.24, 2.45) is 17.1 Å². The normalized spacial score (nSPS) is 18.5. The van der Waals surface area contributed by atoms with Crippen LogP contribution in [-0.4, -0.2) is 22.1 Å². The van der Waals surface area contributed by atoms with Crippen LogP contribution in [0.2, 0.25) is 0 Å². The van der Waals surface area contributed by atoms with Crippen LogP contribution < -0.4 is 11.2 Å². The predicted octanol–water partition coefficient (Wildman–Crippen LogP) is 0.683. The van der Waals surface area contributed by atoms with Gasteiger partial charge < -0.3 is 16.0 Å². The van der Waals surface area contributed by atoms with Crippen molar-refractivity contribution in [1.29, 1.82) is 0 Å². The molecule has 0 rings (SSSR count).